The molecule has 0 saturated heterocycles. The van der Waals surface area contributed by atoms with Crippen molar-refractivity contribution in [3.63, 3.8) is 0 Å². The summed E-state index contributed by atoms with van der Waals surface area (Å²) in [5, 5.41) is 4.20. The molecule has 2 nitrogen and oxygen atoms in total. The first-order valence-corrected chi connectivity index (χ1v) is 5.77. The van der Waals surface area contributed by atoms with Crippen molar-refractivity contribution >= 4 is 11.6 Å². The van der Waals surface area contributed by atoms with E-state index in [1.165, 1.54) is 11.1 Å². The molecule has 0 spiro atoms. The maximum Gasteiger partial charge on any atom is 0.0408 e. The lowest BCUT2D eigenvalue weighted by Crippen LogP contribution is -2.16. The zero-order chi connectivity index (χ0) is 11.1. The molecule has 0 aromatic heterocycles. The molecule has 1 rings (SSSR count). The van der Waals surface area contributed by atoms with Crippen LogP contribution in [0.15, 0.2) is 18.2 Å². The SMILES string of the molecule is Cc1cc(Cl)ccc1CNCCCCN. The first-order valence-electron chi connectivity index (χ1n) is 5.40. The summed E-state index contributed by atoms with van der Waals surface area (Å²) in [5.74, 6) is 0. The summed E-state index contributed by atoms with van der Waals surface area (Å²) in [5.41, 5.74) is 7.98. The number of halogens is 1. The smallest absolute Gasteiger partial charge is 0.0408 e. The lowest BCUT2D eigenvalue weighted by Gasteiger charge is -2.07. The number of unbranched alkanes of at least 4 members (excludes halogenated alkanes) is 1. The number of benzene rings is 1. The first-order chi connectivity index (χ1) is 7.24. The Morgan fingerprint density at radius 3 is 2.80 bits per heavy atom. The third-order valence-corrected chi connectivity index (χ3v) is 2.66. The maximum atomic E-state index is 5.89. The highest BCUT2D eigenvalue weighted by Crippen LogP contribution is 2.14. The lowest BCUT2D eigenvalue weighted by atomic mass is 10.1. The van der Waals surface area contributed by atoms with Gasteiger partial charge < -0.3 is 11.1 Å². The third kappa shape index (κ3) is 4.65. The molecule has 0 amide bonds. The fourth-order valence-corrected chi connectivity index (χ4v) is 1.70. The van der Waals surface area contributed by atoms with Gasteiger partial charge in [0.2, 0.25) is 0 Å². The van der Waals surface area contributed by atoms with Crippen LogP contribution in [0.2, 0.25) is 5.02 Å². The molecule has 0 fully saturated rings. The Morgan fingerprint density at radius 2 is 2.13 bits per heavy atom. The molecule has 0 radical (unpaired) electrons. The van der Waals surface area contributed by atoms with E-state index in [1.54, 1.807) is 0 Å². The molecule has 84 valence electrons. The molecule has 0 unspecified atom stereocenters. The second-order valence-electron chi connectivity index (χ2n) is 3.74. The molecule has 0 atom stereocenters. The van der Waals surface area contributed by atoms with Gasteiger partial charge in [-0.3, -0.25) is 0 Å². The summed E-state index contributed by atoms with van der Waals surface area (Å²) >= 11 is 5.89. The minimum atomic E-state index is 0.779. The Hall–Kier alpha value is -0.570. The van der Waals surface area contributed by atoms with Crippen LogP contribution < -0.4 is 11.1 Å². The van der Waals surface area contributed by atoms with Gasteiger partial charge in [-0.2, -0.15) is 0 Å². The topological polar surface area (TPSA) is 38.0 Å². The largest absolute Gasteiger partial charge is 0.330 e. The zero-order valence-electron chi connectivity index (χ0n) is 9.22. The minimum Gasteiger partial charge on any atom is -0.330 e. The molecule has 1 aromatic rings. The standard InChI is InChI=1S/C12H19ClN2/c1-10-8-12(13)5-4-11(10)9-15-7-3-2-6-14/h4-5,8,15H,2-3,6-7,9,14H2,1H3. The Labute approximate surface area is 96.8 Å². The van der Waals surface area contributed by atoms with Gasteiger partial charge in [0.15, 0.2) is 0 Å². The van der Waals surface area contributed by atoms with Crippen LogP contribution >= 0.6 is 11.6 Å². The second-order valence-corrected chi connectivity index (χ2v) is 4.18. The van der Waals surface area contributed by atoms with Gasteiger partial charge >= 0.3 is 0 Å². The van der Waals surface area contributed by atoms with E-state index < -0.39 is 0 Å². The molecule has 0 aliphatic carbocycles. The molecule has 0 aliphatic rings. The van der Waals surface area contributed by atoms with Gasteiger partial charge in [0.05, 0.1) is 0 Å². The van der Waals surface area contributed by atoms with E-state index in [1.807, 2.05) is 12.1 Å². The Balaban J connectivity index is 2.31. The van der Waals surface area contributed by atoms with Crippen molar-refractivity contribution in [3.05, 3.63) is 34.3 Å². The van der Waals surface area contributed by atoms with Gasteiger partial charge in [-0.15, -0.1) is 0 Å². The van der Waals surface area contributed by atoms with Gasteiger partial charge in [0.25, 0.3) is 0 Å². The molecule has 3 N–H and O–H groups in total. The van der Waals surface area contributed by atoms with E-state index in [4.69, 9.17) is 17.3 Å². The van der Waals surface area contributed by atoms with Crippen molar-refractivity contribution in [2.75, 3.05) is 13.1 Å². The average molecular weight is 227 g/mol. The second kappa shape index (κ2) is 6.83. The number of aryl methyl sites for hydroxylation is 1. The molecule has 0 aliphatic heterocycles. The Bertz CT molecular complexity index is 300. The van der Waals surface area contributed by atoms with Crippen molar-refractivity contribution in [1.82, 2.24) is 5.32 Å². The minimum absolute atomic E-state index is 0.779. The fraction of sp³-hybridized carbons (Fsp3) is 0.500. The maximum absolute atomic E-state index is 5.89. The van der Waals surface area contributed by atoms with E-state index in [0.29, 0.717) is 0 Å². The van der Waals surface area contributed by atoms with Gasteiger partial charge in [0, 0.05) is 11.6 Å². The lowest BCUT2D eigenvalue weighted by molar-refractivity contribution is 0.626. The summed E-state index contributed by atoms with van der Waals surface area (Å²) < 4.78 is 0. The van der Waals surface area contributed by atoms with E-state index in [0.717, 1.165) is 37.5 Å². The number of rotatable bonds is 6. The highest BCUT2D eigenvalue weighted by molar-refractivity contribution is 6.30. The molecule has 0 heterocycles. The van der Waals surface area contributed by atoms with Crippen molar-refractivity contribution in [3.8, 4) is 0 Å². The van der Waals surface area contributed by atoms with Crippen LogP contribution in [-0.2, 0) is 6.54 Å². The highest BCUT2D eigenvalue weighted by Gasteiger charge is 1.98. The molecule has 3 heteroatoms. The Morgan fingerprint density at radius 1 is 1.33 bits per heavy atom. The summed E-state index contributed by atoms with van der Waals surface area (Å²) in [4.78, 5) is 0. The van der Waals surface area contributed by atoms with Crippen molar-refractivity contribution in [1.29, 1.82) is 0 Å². The highest BCUT2D eigenvalue weighted by atomic mass is 35.5. The van der Waals surface area contributed by atoms with Crippen LogP contribution in [0.4, 0.5) is 0 Å². The molecule has 15 heavy (non-hydrogen) atoms. The molecule has 0 saturated carbocycles. The Kier molecular flexibility index (Phi) is 5.69. The van der Waals surface area contributed by atoms with Crippen molar-refractivity contribution < 1.29 is 0 Å². The van der Waals surface area contributed by atoms with Crippen LogP contribution in [-0.4, -0.2) is 13.1 Å². The van der Waals surface area contributed by atoms with Crippen LogP contribution in [0.5, 0.6) is 0 Å². The predicted octanol–water partition coefficient (Wildman–Crippen LogP) is 2.48. The molecular formula is C12H19ClN2. The number of hydrogen-bond acceptors (Lipinski definition) is 2. The van der Waals surface area contributed by atoms with Gasteiger partial charge in [-0.05, 0) is 56.1 Å². The van der Waals surface area contributed by atoms with Crippen molar-refractivity contribution in [2.45, 2.75) is 26.3 Å². The normalized spacial score (nSPS) is 10.6. The summed E-state index contributed by atoms with van der Waals surface area (Å²) in [6.07, 6.45) is 2.23. The molecule has 0 bridgehead atoms. The first kappa shape index (κ1) is 12.5. The van der Waals surface area contributed by atoms with Crippen molar-refractivity contribution in [2.24, 2.45) is 5.73 Å². The van der Waals surface area contributed by atoms with Gasteiger partial charge in [-0.1, -0.05) is 17.7 Å². The summed E-state index contributed by atoms with van der Waals surface area (Å²) in [7, 11) is 0. The van der Waals surface area contributed by atoms with Crippen LogP contribution in [0.25, 0.3) is 0 Å². The average Bonchev–Trinajstić information content (AvgIpc) is 2.20. The monoisotopic (exact) mass is 226 g/mol. The number of hydrogen-bond donors (Lipinski definition) is 2. The van der Waals surface area contributed by atoms with E-state index >= 15 is 0 Å². The zero-order valence-corrected chi connectivity index (χ0v) is 9.98. The fourth-order valence-electron chi connectivity index (χ4n) is 1.48. The summed E-state index contributed by atoms with van der Waals surface area (Å²) in [6.45, 7) is 4.80. The third-order valence-electron chi connectivity index (χ3n) is 2.43. The summed E-state index contributed by atoms with van der Waals surface area (Å²) in [6, 6.07) is 6.01. The number of nitrogens with one attached hydrogen (secondary N) is 1. The molecule has 1 aromatic carbocycles. The molecular weight excluding hydrogens is 208 g/mol. The quantitative estimate of drug-likeness (QED) is 0.732. The van der Waals surface area contributed by atoms with E-state index in [9.17, 15) is 0 Å². The van der Waals surface area contributed by atoms with Gasteiger partial charge in [-0.25, -0.2) is 0 Å². The predicted molar refractivity (Wildman–Crippen MR) is 66.2 cm³/mol. The van der Waals surface area contributed by atoms with E-state index in [2.05, 4.69) is 18.3 Å². The van der Waals surface area contributed by atoms with E-state index in [-0.39, 0.29) is 0 Å². The number of nitrogens with two attached hydrogens (primary N) is 1. The van der Waals surface area contributed by atoms with Gasteiger partial charge in [0.1, 0.15) is 0 Å². The van der Waals surface area contributed by atoms with Crippen LogP contribution in [0.1, 0.15) is 24.0 Å². The van der Waals surface area contributed by atoms with Crippen LogP contribution in [0, 0.1) is 6.92 Å². The van der Waals surface area contributed by atoms with Crippen LogP contribution in [0.3, 0.4) is 0 Å².